The van der Waals surface area contributed by atoms with Crippen LogP contribution in [0.15, 0.2) is 24.5 Å². The molecule has 7 heteroatoms. The maximum atomic E-state index is 13.6. The molecule has 0 radical (unpaired) electrons. The number of nitrogens with zero attached hydrogens (tertiary/aromatic N) is 2. The van der Waals surface area contributed by atoms with E-state index in [0.29, 0.717) is 6.07 Å². The van der Waals surface area contributed by atoms with Crippen LogP contribution in [-0.2, 0) is 0 Å². The molecule has 0 aliphatic heterocycles. The summed E-state index contributed by atoms with van der Waals surface area (Å²) >= 11 is 5.73. The zero-order valence-corrected chi connectivity index (χ0v) is 11.6. The first kappa shape index (κ1) is 15.0. The Hall–Kier alpha value is -2.39. The number of hydrogen-bond donors (Lipinski definition) is 0. The molecule has 0 aliphatic carbocycles. The molecule has 4 nitrogen and oxygen atoms in total. The summed E-state index contributed by atoms with van der Waals surface area (Å²) in [5.74, 6) is 3.52. The Kier molecular flexibility index (Phi) is 4.90. The molecule has 0 saturated heterocycles. The van der Waals surface area contributed by atoms with Gasteiger partial charge in [-0.3, -0.25) is 0 Å². The summed E-state index contributed by atoms with van der Waals surface area (Å²) in [5.41, 5.74) is 0. The molecular formula is C14H9ClF2N2O2. The first-order valence-electron chi connectivity index (χ1n) is 5.77. The molecule has 21 heavy (non-hydrogen) atoms. The lowest BCUT2D eigenvalue weighted by atomic mass is 10.3. The average Bonchev–Trinajstić information content (AvgIpc) is 2.44. The number of benzene rings is 1. The lowest BCUT2D eigenvalue weighted by Crippen LogP contribution is -1.98. The Balaban J connectivity index is 2.19. The molecular weight excluding hydrogens is 302 g/mol. The highest BCUT2D eigenvalue weighted by atomic mass is 35.5. The lowest BCUT2D eigenvalue weighted by Gasteiger charge is -2.08. The number of rotatable bonds is 4. The van der Waals surface area contributed by atoms with Gasteiger partial charge in [-0.25, -0.2) is 18.7 Å². The van der Waals surface area contributed by atoms with Gasteiger partial charge in [0.15, 0.2) is 18.2 Å². The van der Waals surface area contributed by atoms with Crippen LogP contribution in [0.2, 0.25) is 5.02 Å². The van der Waals surface area contributed by atoms with E-state index in [1.807, 2.05) is 0 Å². The number of hydrogen-bond acceptors (Lipinski definition) is 4. The van der Waals surface area contributed by atoms with E-state index >= 15 is 0 Å². The van der Waals surface area contributed by atoms with Gasteiger partial charge in [0.25, 0.3) is 0 Å². The SMILES string of the molecule is CC#CCOc1cc(Oc2c(F)cc(F)cc2Cl)ncn1. The highest BCUT2D eigenvalue weighted by Crippen LogP contribution is 2.32. The fraction of sp³-hybridized carbons (Fsp3) is 0.143. The molecule has 0 spiro atoms. The molecule has 0 bridgehead atoms. The topological polar surface area (TPSA) is 44.2 Å². The summed E-state index contributed by atoms with van der Waals surface area (Å²) in [6, 6.07) is 2.95. The van der Waals surface area contributed by atoms with Crippen LogP contribution >= 0.6 is 11.6 Å². The van der Waals surface area contributed by atoms with E-state index < -0.39 is 11.6 Å². The van der Waals surface area contributed by atoms with Crippen molar-refractivity contribution >= 4 is 11.6 Å². The van der Waals surface area contributed by atoms with Gasteiger partial charge in [-0.2, -0.15) is 0 Å². The Bertz CT molecular complexity index is 691. The monoisotopic (exact) mass is 310 g/mol. The minimum absolute atomic E-state index is 0.0110. The quantitative estimate of drug-likeness (QED) is 0.809. The summed E-state index contributed by atoms with van der Waals surface area (Å²) in [6.07, 6.45) is 1.18. The maximum absolute atomic E-state index is 13.6. The summed E-state index contributed by atoms with van der Waals surface area (Å²) in [6.45, 7) is 1.83. The summed E-state index contributed by atoms with van der Waals surface area (Å²) in [7, 11) is 0. The molecule has 2 aromatic rings. The van der Waals surface area contributed by atoms with E-state index in [0.717, 1.165) is 6.07 Å². The zero-order chi connectivity index (χ0) is 15.2. The van der Waals surface area contributed by atoms with Gasteiger partial charge < -0.3 is 9.47 Å². The van der Waals surface area contributed by atoms with Crippen molar-refractivity contribution in [3.63, 3.8) is 0 Å². The molecule has 0 saturated carbocycles. The summed E-state index contributed by atoms with van der Waals surface area (Å²) < 4.78 is 37.0. The molecule has 1 heterocycles. The average molecular weight is 311 g/mol. The highest BCUT2D eigenvalue weighted by molar-refractivity contribution is 6.32. The van der Waals surface area contributed by atoms with Crippen LogP contribution in [0.4, 0.5) is 8.78 Å². The van der Waals surface area contributed by atoms with Crippen LogP contribution in [0.5, 0.6) is 17.5 Å². The van der Waals surface area contributed by atoms with Crippen molar-refractivity contribution in [3.8, 4) is 29.4 Å². The molecule has 0 atom stereocenters. The molecule has 0 N–H and O–H groups in total. The second-order valence-corrected chi connectivity index (χ2v) is 4.12. The van der Waals surface area contributed by atoms with Crippen LogP contribution in [0.1, 0.15) is 6.92 Å². The molecule has 0 fully saturated rings. The van der Waals surface area contributed by atoms with Crippen molar-refractivity contribution in [3.05, 3.63) is 41.2 Å². The van der Waals surface area contributed by atoms with Crippen LogP contribution in [-0.4, -0.2) is 16.6 Å². The van der Waals surface area contributed by atoms with Gasteiger partial charge in [-0.15, -0.1) is 5.92 Å². The van der Waals surface area contributed by atoms with Gasteiger partial charge in [0.2, 0.25) is 11.8 Å². The maximum Gasteiger partial charge on any atom is 0.226 e. The van der Waals surface area contributed by atoms with E-state index in [4.69, 9.17) is 21.1 Å². The van der Waals surface area contributed by atoms with Crippen molar-refractivity contribution < 1.29 is 18.3 Å². The van der Waals surface area contributed by atoms with Crippen molar-refractivity contribution in [2.24, 2.45) is 0 Å². The van der Waals surface area contributed by atoms with E-state index in [1.54, 1.807) is 6.92 Å². The Labute approximate surface area is 124 Å². The van der Waals surface area contributed by atoms with Crippen molar-refractivity contribution in [1.82, 2.24) is 9.97 Å². The Morgan fingerprint density at radius 3 is 2.67 bits per heavy atom. The van der Waals surface area contributed by atoms with Crippen LogP contribution in [0, 0.1) is 23.5 Å². The largest absolute Gasteiger partial charge is 0.464 e. The van der Waals surface area contributed by atoms with Gasteiger partial charge in [0, 0.05) is 6.07 Å². The van der Waals surface area contributed by atoms with Gasteiger partial charge in [0.1, 0.15) is 12.1 Å². The molecule has 0 unspecified atom stereocenters. The summed E-state index contributed by atoms with van der Waals surface area (Å²) in [4.78, 5) is 7.64. The Morgan fingerprint density at radius 2 is 1.95 bits per heavy atom. The van der Waals surface area contributed by atoms with Gasteiger partial charge in [-0.05, 0) is 13.0 Å². The molecule has 0 amide bonds. The smallest absolute Gasteiger partial charge is 0.226 e. The third-order valence-corrected chi connectivity index (χ3v) is 2.54. The standard InChI is InChI=1S/C14H9ClF2N2O2/c1-2-3-4-20-12-7-13(19-8-18-12)21-14-10(15)5-9(16)6-11(14)17/h5-8H,4H2,1H3. The molecule has 108 valence electrons. The van der Waals surface area contributed by atoms with E-state index in [-0.39, 0.29) is 29.1 Å². The number of halogens is 3. The first-order chi connectivity index (χ1) is 10.1. The highest BCUT2D eigenvalue weighted by Gasteiger charge is 2.13. The van der Waals surface area contributed by atoms with Crippen LogP contribution in [0.3, 0.4) is 0 Å². The number of aromatic nitrogens is 2. The minimum atomic E-state index is -0.932. The van der Waals surface area contributed by atoms with E-state index in [9.17, 15) is 8.78 Å². The van der Waals surface area contributed by atoms with Gasteiger partial charge >= 0.3 is 0 Å². The molecule has 1 aromatic heterocycles. The van der Waals surface area contributed by atoms with Crippen LogP contribution in [0.25, 0.3) is 0 Å². The second-order valence-electron chi connectivity index (χ2n) is 3.71. The lowest BCUT2D eigenvalue weighted by molar-refractivity contribution is 0.348. The third kappa shape index (κ3) is 4.04. The second kappa shape index (κ2) is 6.86. The van der Waals surface area contributed by atoms with Crippen molar-refractivity contribution in [2.45, 2.75) is 6.92 Å². The van der Waals surface area contributed by atoms with Crippen molar-refractivity contribution in [2.75, 3.05) is 6.61 Å². The fourth-order valence-electron chi connectivity index (χ4n) is 1.37. The first-order valence-corrected chi connectivity index (χ1v) is 6.15. The van der Waals surface area contributed by atoms with E-state index in [1.165, 1.54) is 12.4 Å². The normalized spacial score (nSPS) is 9.71. The minimum Gasteiger partial charge on any atom is -0.464 e. The van der Waals surface area contributed by atoms with Crippen molar-refractivity contribution in [1.29, 1.82) is 0 Å². The number of ether oxygens (including phenoxy) is 2. The molecule has 0 aliphatic rings. The third-order valence-electron chi connectivity index (χ3n) is 2.26. The van der Waals surface area contributed by atoms with Gasteiger partial charge in [-0.1, -0.05) is 17.5 Å². The van der Waals surface area contributed by atoms with Gasteiger partial charge in [0.05, 0.1) is 11.1 Å². The molecule has 2 rings (SSSR count). The fourth-order valence-corrected chi connectivity index (χ4v) is 1.60. The predicted octanol–water partition coefficient (Wildman–Crippen LogP) is 3.60. The Morgan fingerprint density at radius 1 is 1.19 bits per heavy atom. The summed E-state index contributed by atoms with van der Waals surface area (Å²) in [5, 5.41) is -0.203. The van der Waals surface area contributed by atoms with Crippen LogP contribution < -0.4 is 9.47 Å². The van der Waals surface area contributed by atoms with E-state index in [2.05, 4.69) is 21.8 Å². The molecule has 1 aromatic carbocycles. The predicted molar refractivity (Wildman–Crippen MR) is 72.4 cm³/mol. The zero-order valence-electron chi connectivity index (χ0n) is 10.9.